The molecule has 8 heteroatoms. The predicted octanol–water partition coefficient (Wildman–Crippen LogP) is 1.66. The van der Waals surface area contributed by atoms with Gasteiger partial charge in [-0.1, -0.05) is 18.2 Å². The first-order chi connectivity index (χ1) is 15.3. The summed E-state index contributed by atoms with van der Waals surface area (Å²) < 4.78 is 6.21. The molecule has 3 heterocycles. The molecule has 2 amide bonds. The molecule has 32 heavy (non-hydrogen) atoms. The quantitative estimate of drug-likeness (QED) is 0.593. The van der Waals surface area contributed by atoms with Gasteiger partial charge in [0.05, 0.1) is 17.9 Å². The Morgan fingerprint density at radius 1 is 1.38 bits per heavy atom. The molecule has 0 aliphatic carbocycles. The lowest BCUT2D eigenvalue weighted by Gasteiger charge is -2.37. The summed E-state index contributed by atoms with van der Waals surface area (Å²) >= 11 is 0. The van der Waals surface area contributed by atoms with Gasteiger partial charge in [-0.25, -0.2) is 0 Å². The monoisotopic (exact) mass is 442 g/mol. The number of hydrogen-bond donors (Lipinski definition) is 2. The molecule has 2 N–H and O–H groups in total. The van der Waals surface area contributed by atoms with Crippen molar-refractivity contribution in [2.45, 2.75) is 50.9 Å². The first kappa shape index (κ1) is 22.5. The van der Waals surface area contributed by atoms with Crippen molar-refractivity contribution in [2.75, 3.05) is 24.6 Å². The maximum Gasteiger partial charge on any atom is 0.310 e. The van der Waals surface area contributed by atoms with Crippen molar-refractivity contribution in [1.29, 1.82) is 0 Å². The van der Waals surface area contributed by atoms with Crippen LogP contribution < -0.4 is 4.90 Å². The van der Waals surface area contributed by atoms with Gasteiger partial charge in [0.1, 0.15) is 11.6 Å². The first-order valence-corrected chi connectivity index (χ1v) is 11.1. The Bertz CT molecular complexity index is 962. The normalized spacial score (nSPS) is 30.5. The summed E-state index contributed by atoms with van der Waals surface area (Å²) in [4.78, 5) is 42.6. The van der Waals surface area contributed by atoms with Gasteiger partial charge in [-0.3, -0.25) is 14.4 Å². The van der Waals surface area contributed by atoms with Crippen molar-refractivity contribution in [1.82, 2.24) is 4.90 Å². The molecule has 3 aliphatic rings. The Morgan fingerprint density at radius 3 is 2.78 bits per heavy atom. The van der Waals surface area contributed by atoms with Crippen molar-refractivity contribution in [3.63, 3.8) is 0 Å². The predicted molar refractivity (Wildman–Crippen MR) is 117 cm³/mol. The molecule has 0 radical (unpaired) electrons. The third kappa shape index (κ3) is 3.24. The lowest BCUT2D eigenvalue weighted by Crippen LogP contribution is -2.56. The van der Waals surface area contributed by atoms with E-state index in [1.165, 1.54) is 4.90 Å². The molecule has 1 spiro atoms. The summed E-state index contributed by atoms with van der Waals surface area (Å²) in [6, 6.07) is 4.89. The standard InChI is InChI=1S/C24H30N2O6/c1-4-10-25(16-13-14(2)6-7-15(16)3)22(29)20-24-9-8-17(32-24)18(23(30)31)19(24)21(28)26(20)11-5-12-27/h4,6-7,13,17-20,27H,1,5,8-12H2,2-3H3,(H,30,31)/t17-,18+,19+,20-,24+/m0/s1. The summed E-state index contributed by atoms with van der Waals surface area (Å²) in [6.45, 7) is 7.94. The van der Waals surface area contributed by atoms with Crippen LogP contribution in [0.25, 0.3) is 0 Å². The molecule has 8 nitrogen and oxygen atoms in total. The molecule has 0 unspecified atom stereocenters. The number of nitrogens with zero attached hydrogens (tertiary/aromatic N) is 2. The molecule has 1 aromatic carbocycles. The molecule has 2 bridgehead atoms. The van der Waals surface area contributed by atoms with E-state index in [9.17, 15) is 24.6 Å². The van der Waals surface area contributed by atoms with Gasteiger partial charge in [-0.05, 0) is 50.3 Å². The van der Waals surface area contributed by atoms with Crippen LogP contribution in [0.1, 0.15) is 30.4 Å². The van der Waals surface area contributed by atoms with Gasteiger partial charge in [0, 0.05) is 25.4 Å². The molecule has 3 saturated heterocycles. The number of amides is 2. The van der Waals surface area contributed by atoms with Gasteiger partial charge in [-0.15, -0.1) is 6.58 Å². The van der Waals surface area contributed by atoms with Crippen LogP contribution >= 0.6 is 0 Å². The molecule has 1 aromatic rings. The van der Waals surface area contributed by atoms with Crippen molar-refractivity contribution in [3.8, 4) is 0 Å². The number of aliphatic hydroxyl groups excluding tert-OH is 1. The number of fused-ring (bicyclic) bond motifs is 1. The number of likely N-dealkylation sites (tertiary alicyclic amines) is 1. The molecule has 172 valence electrons. The Hall–Kier alpha value is -2.71. The number of hydrogen-bond acceptors (Lipinski definition) is 5. The number of carboxylic acids is 1. The van der Waals surface area contributed by atoms with E-state index in [0.29, 0.717) is 19.3 Å². The minimum absolute atomic E-state index is 0.137. The zero-order chi connectivity index (χ0) is 23.2. The number of aliphatic hydroxyl groups is 1. The smallest absolute Gasteiger partial charge is 0.310 e. The van der Waals surface area contributed by atoms with E-state index in [4.69, 9.17) is 4.74 Å². The van der Waals surface area contributed by atoms with Crippen LogP contribution in [0.3, 0.4) is 0 Å². The summed E-state index contributed by atoms with van der Waals surface area (Å²) in [5.74, 6) is -3.59. The summed E-state index contributed by atoms with van der Waals surface area (Å²) in [5.41, 5.74) is 1.47. The van der Waals surface area contributed by atoms with Crippen molar-refractivity contribution < 1.29 is 29.3 Å². The number of carbonyl (C=O) groups excluding carboxylic acids is 2. The summed E-state index contributed by atoms with van der Waals surface area (Å²) in [6.07, 6.45) is 2.33. The molecule has 5 atom stereocenters. The molecular formula is C24H30N2O6. The highest BCUT2D eigenvalue weighted by Crippen LogP contribution is 2.58. The van der Waals surface area contributed by atoms with Crippen molar-refractivity contribution >= 4 is 23.5 Å². The summed E-state index contributed by atoms with van der Waals surface area (Å²) in [5, 5.41) is 19.2. The lowest BCUT2D eigenvalue weighted by molar-refractivity contribution is -0.149. The fraction of sp³-hybridized carbons (Fsp3) is 0.542. The van der Waals surface area contributed by atoms with Crippen LogP contribution in [-0.2, 0) is 19.1 Å². The van der Waals surface area contributed by atoms with Crippen molar-refractivity contribution in [3.05, 3.63) is 42.0 Å². The topological polar surface area (TPSA) is 107 Å². The van der Waals surface area contributed by atoms with E-state index >= 15 is 0 Å². The summed E-state index contributed by atoms with van der Waals surface area (Å²) in [7, 11) is 0. The van der Waals surface area contributed by atoms with E-state index in [-0.39, 0.29) is 31.5 Å². The van der Waals surface area contributed by atoms with Crippen LogP contribution in [-0.4, -0.2) is 70.3 Å². The zero-order valence-electron chi connectivity index (χ0n) is 18.5. The average molecular weight is 443 g/mol. The SMILES string of the molecule is C=CCN(C(=O)[C@@H]1N(CCCO)C(=O)[C@H]2[C@H](C(=O)O)[C@@H]3CC[C@]12O3)c1cc(C)ccc1C. The van der Waals surface area contributed by atoms with E-state index in [1.807, 2.05) is 32.0 Å². The molecular weight excluding hydrogens is 412 g/mol. The molecule has 0 saturated carbocycles. The van der Waals surface area contributed by atoms with Gasteiger partial charge in [0.15, 0.2) is 0 Å². The number of aliphatic carboxylic acids is 1. The van der Waals surface area contributed by atoms with Crippen LogP contribution in [0.15, 0.2) is 30.9 Å². The second kappa shape index (κ2) is 8.33. The van der Waals surface area contributed by atoms with E-state index in [0.717, 1.165) is 16.8 Å². The molecule has 3 aliphatic heterocycles. The zero-order valence-corrected chi connectivity index (χ0v) is 18.5. The van der Waals surface area contributed by atoms with Crippen LogP contribution in [0, 0.1) is 25.7 Å². The van der Waals surface area contributed by atoms with Crippen LogP contribution in [0.2, 0.25) is 0 Å². The van der Waals surface area contributed by atoms with E-state index < -0.39 is 35.6 Å². The first-order valence-electron chi connectivity index (χ1n) is 11.1. The fourth-order valence-electron chi connectivity index (χ4n) is 5.79. The highest BCUT2D eigenvalue weighted by Gasteiger charge is 2.74. The van der Waals surface area contributed by atoms with Gasteiger partial charge in [-0.2, -0.15) is 0 Å². The number of ether oxygens (including phenoxy) is 1. The van der Waals surface area contributed by atoms with Gasteiger partial charge in [0.2, 0.25) is 5.91 Å². The number of carbonyl (C=O) groups is 3. The molecule has 3 fully saturated rings. The van der Waals surface area contributed by atoms with Crippen molar-refractivity contribution in [2.24, 2.45) is 11.8 Å². The highest BCUT2D eigenvalue weighted by atomic mass is 16.5. The highest BCUT2D eigenvalue weighted by molar-refractivity contribution is 6.05. The number of rotatable bonds is 8. The van der Waals surface area contributed by atoms with E-state index in [1.54, 1.807) is 11.0 Å². The van der Waals surface area contributed by atoms with Crippen LogP contribution in [0.4, 0.5) is 5.69 Å². The molecule has 0 aromatic heterocycles. The van der Waals surface area contributed by atoms with Crippen LogP contribution in [0.5, 0.6) is 0 Å². The number of carboxylic acid groups (broad SMARTS) is 1. The maximum atomic E-state index is 14.1. The lowest BCUT2D eigenvalue weighted by atomic mass is 9.70. The largest absolute Gasteiger partial charge is 0.481 e. The number of aryl methyl sites for hydroxylation is 2. The van der Waals surface area contributed by atoms with Gasteiger partial charge in [0.25, 0.3) is 5.91 Å². The average Bonchev–Trinajstić information content (AvgIpc) is 3.39. The maximum absolute atomic E-state index is 14.1. The third-order valence-electron chi connectivity index (χ3n) is 7.11. The Morgan fingerprint density at radius 2 is 2.12 bits per heavy atom. The van der Waals surface area contributed by atoms with Gasteiger partial charge >= 0.3 is 5.97 Å². The minimum Gasteiger partial charge on any atom is -0.481 e. The minimum atomic E-state index is -1.16. The number of anilines is 1. The van der Waals surface area contributed by atoms with Gasteiger partial charge < -0.3 is 24.7 Å². The Labute approximate surface area is 187 Å². The Kier molecular flexibility index (Phi) is 5.85. The second-order valence-electron chi connectivity index (χ2n) is 9.03. The number of benzene rings is 1. The Balaban J connectivity index is 1.80. The third-order valence-corrected chi connectivity index (χ3v) is 7.11. The molecule has 4 rings (SSSR count). The fourth-order valence-corrected chi connectivity index (χ4v) is 5.79. The second-order valence-corrected chi connectivity index (χ2v) is 9.03. The van der Waals surface area contributed by atoms with E-state index in [2.05, 4.69) is 6.58 Å².